The molecule has 0 aromatic carbocycles. The van der Waals surface area contributed by atoms with Gasteiger partial charge in [-0.25, -0.2) is 5.43 Å². The topological polar surface area (TPSA) is 83.0 Å². The van der Waals surface area contributed by atoms with Crippen molar-refractivity contribution < 1.29 is 14.3 Å². The highest BCUT2D eigenvalue weighted by molar-refractivity contribution is 7.11. The number of hydrogen-bond acceptors (Lipinski definition) is 6. The van der Waals surface area contributed by atoms with Gasteiger partial charge in [-0.2, -0.15) is 5.10 Å². The minimum Gasteiger partial charge on any atom is -0.379 e. The fraction of sp³-hybridized carbons (Fsp3) is 0.462. The van der Waals surface area contributed by atoms with E-state index in [9.17, 15) is 9.59 Å². The van der Waals surface area contributed by atoms with E-state index in [1.165, 1.54) is 17.6 Å². The zero-order valence-electron chi connectivity index (χ0n) is 11.6. The lowest BCUT2D eigenvalue weighted by molar-refractivity contribution is -0.139. The van der Waals surface area contributed by atoms with E-state index >= 15 is 0 Å². The van der Waals surface area contributed by atoms with Crippen molar-refractivity contribution in [3.63, 3.8) is 0 Å². The molecule has 7 nitrogen and oxygen atoms in total. The van der Waals surface area contributed by atoms with Crippen LogP contribution in [0.25, 0.3) is 0 Å². The Morgan fingerprint density at radius 2 is 2.19 bits per heavy atom. The fourth-order valence-electron chi connectivity index (χ4n) is 1.80. The molecular weight excluding hydrogens is 292 g/mol. The quantitative estimate of drug-likeness (QED) is 0.442. The number of amides is 2. The van der Waals surface area contributed by atoms with Crippen molar-refractivity contribution in [1.29, 1.82) is 0 Å². The SMILES string of the molecule is O=C(NCCN1CCOCC1)C(=O)N/N=C\c1cccs1. The predicted octanol–water partition coefficient (Wildman–Crippen LogP) is -0.353. The van der Waals surface area contributed by atoms with Gasteiger partial charge in [0, 0.05) is 31.1 Å². The molecule has 1 aliphatic rings. The van der Waals surface area contributed by atoms with Crippen LogP contribution < -0.4 is 10.7 Å². The van der Waals surface area contributed by atoms with Crippen molar-refractivity contribution in [2.24, 2.45) is 5.10 Å². The Hall–Kier alpha value is -1.77. The Morgan fingerprint density at radius 1 is 1.38 bits per heavy atom. The third kappa shape index (κ3) is 5.62. The molecule has 2 heterocycles. The van der Waals surface area contributed by atoms with E-state index < -0.39 is 11.8 Å². The Bertz CT molecular complexity index is 484. The summed E-state index contributed by atoms with van der Waals surface area (Å²) in [6.07, 6.45) is 1.50. The Kier molecular flexibility index (Phi) is 6.32. The number of hydrogen-bond donors (Lipinski definition) is 2. The third-order valence-corrected chi connectivity index (χ3v) is 3.73. The van der Waals surface area contributed by atoms with Crippen LogP contribution in [0.15, 0.2) is 22.6 Å². The van der Waals surface area contributed by atoms with Crippen LogP contribution in [0.4, 0.5) is 0 Å². The van der Waals surface area contributed by atoms with E-state index in [2.05, 4.69) is 20.7 Å². The molecule has 0 saturated carbocycles. The van der Waals surface area contributed by atoms with Crippen LogP contribution in [-0.4, -0.2) is 62.3 Å². The summed E-state index contributed by atoms with van der Waals surface area (Å²) in [7, 11) is 0. The van der Waals surface area contributed by atoms with Crippen molar-refractivity contribution in [2.75, 3.05) is 39.4 Å². The zero-order valence-corrected chi connectivity index (χ0v) is 12.4. The average Bonchev–Trinajstić information content (AvgIpc) is 3.01. The summed E-state index contributed by atoms with van der Waals surface area (Å²) >= 11 is 1.50. The summed E-state index contributed by atoms with van der Waals surface area (Å²) in [6, 6.07) is 3.74. The van der Waals surface area contributed by atoms with Crippen LogP contribution in [0.5, 0.6) is 0 Å². The maximum Gasteiger partial charge on any atom is 0.329 e. The highest BCUT2D eigenvalue weighted by Gasteiger charge is 2.14. The molecule has 0 aliphatic carbocycles. The molecule has 1 aliphatic heterocycles. The third-order valence-electron chi connectivity index (χ3n) is 2.92. The van der Waals surface area contributed by atoms with E-state index in [1.807, 2.05) is 17.5 Å². The van der Waals surface area contributed by atoms with Gasteiger partial charge in [0.2, 0.25) is 0 Å². The number of rotatable bonds is 5. The molecule has 2 rings (SSSR count). The van der Waals surface area contributed by atoms with Gasteiger partial charge in [0.05, 0.1) is 19.4 Å². The standard InChI is InChI=1S/C13H18N4O3S/c18-12(14-3-4-17-5-7-20-8-6-17)13(19)16-15-10-11-2-1-9-21-11/h1-2,9-10H,3-8H2,(H,14,18)(H,16,19)/b15-10-. The Morgan fingerprint density at radius 3 is 2.90 bits per heavy atom. The summed E-state index contributed by atoms with van der Waals surface area (Å²) in [4.78, 5) is 26.1. The molecule has 0 radical (unpaired) electrons. The molecule has 0 spiro atoms. The summed E-state index contributed by atoms with van der Waals surface area (Å²) in [5, 5.41) is 8.20. The average molecular weight is 310 g/mol. The predicted molar refractivity (Wildman–Crippen MR) is 80.3 cm³/mol. The minimum absolute atomic E-state index is 0.431. The molecule has 8 heteroatoms. The van der Waals surface area contributed by atoms with Crippen molar-refractivity contribution in [2.45, 2.75) is 0 Å². The van der Waals surface area contributed by atoms with Crippen molar-refractivity contribution in [1.82, 2.24) is 15.6 Å². The van der Waals surface area contributed by atoms with Crippen molar-refractivity contribution in [3.05, 3.63) is 22.4 Å². The molecule has 114 valence electrons. The molecule has 0 unspecified atom stereocenters. The molecule has 1 aromatic heterocycles. The summed E-state index contributed by atoms with van der Waals surface area (Å²) in [6.45, 7) is 4.28. The molecule has 0 bridgehead atoms. The molecule has 21 heavy (non-hydrogen) atoms. The van der Waals surface area contributed by atoms with E-state index in [4.69, 9.17) is 4.74 Å². The second-order valence-electron chi connectivity index (χ2n) is 4.42. The first-order valence-corrected chi connectivity index (χ1v) is 7.58. The second kappa shape index (κ2) is 8.50. The van der Waals surface area contributed by atoms with Crippen LogP contribution in [0, 0.1) is 0 Å². The van der Waals surface area contributed by atoms with Gasteiger partial charge in [-0.1, -0.05) is 6.07 Å². The zero-order chi connectivity index (χ0) is 14.9. The van der Waals surface area contributed by atoms with Crippen molar-refractivity contribution >= 4 is 29.4 Å². The summed E-state index contributed by atoms with van der Waals surface area (Å²) < 4.78 is 5.23. The lowest BCUT2D eigenvalue weighted by atomic mass is 10.4. The highest BCUT2D eigenvalue weighted by atomic mass is 32.1. The number of carbonyl (C=O) groups excluding carboxylic acids is 2. The first kappa shape index (κ1) is 15.6. The molecule has 1 fully saturated rings. The number of thiophene rings is 1. The largest absolute Gasteiger partial charge is 0.379 e. The number of nitrogens with one attached hydrogen (secondary N) is 2. The van der Waals surface area contributed by atoms with Gasteiger partial charge >= 0.3 is 11.8 Å². The lowest BCUT2D eigenvalue weighted by Crippen LogP contribution is -2.44. The maximum absolute atomic E-state index is 11.5. The molecular formula is C13H18N4O3S. The van der Waals surface area contributed by atoms with Crippen LogP contribution in [0.3, 0.4) is 0 Å². The smallest absolute Gasteiger partial charge is 0.329 e. The number of hydrazone groups is 1. The monoisotopic (exact) mass is 310 g/mol. The number of ether oxygens (including phenoxy) is 1. The van der Waals surface area contributed by atoms with E-state index in [-0.39, 0.29) is 0 Å². The highest BCUT2D eigenvalue weighted by Crippen LogP contribution is 2.03. The van der Waals surface area contributed by atoms with Gasteiger partial charge < -0.3 is 10.1 Å². The van der Waals surface area contributed by atoms with Crippen LogP contribution >= 0.6 is 11.3 Å². The van der Waals surface area contributed by atoms with Gasteiger partial charge in [-0.15, -0.1) is 11.3 Å². The summed E-state index contributed by atoms with van der Waals surface area (Å²) in [5.41, 5.74) is 2.20. The van der Waals surface area contributed by atoms with Gasteiger partial charge in [0.25, 0.3) is 0 Å². The minimum atomic E-state index is -0.759. The van der Waals surface area contributed by atoms with Crippen LogP contribution in [0.2, 0.25) is 0 Å². The van der Waals surface area contributed by atoms with Crippen LogP contribution in [0.1, 0.15) is 4.88 Å². The Balaban J connectivity index is 1.62. The van der Waals surface area contributed by atoms with E-state index in [0.717, 1.165) is 18.0 Å². The van der Waals surface area contributed by atoms with E-state index in [0.29, 0.717) is 26.3 Å². The number of carbonyl (C=O) groups is 2. The summed E-state index contributed by atoms with van der Waals surface area (Å²) in [5.74, 6) is -1.43. The lowest BCUT2D eigenvalue weighted by Gasteiger charge is -2.26. The van der Waals surface area contributed by atoms with Gasteiger partial charge in [0.15, 0.2) is 0 Å². The molecule has 2 amide bonds. The number of morpholine rings is 1. The van der Waals surface area contributed by atoms with E-state index in [1.54, 1.807) is 0 Å². The fourth-order valence-corrected chi connectivity index (χ4v) is 2.39. The normalized spacial score (nSPS) is 16.0. The molecule has 0 atom stereocenters. The molecule has 1 saturated heterocycles. The van der Waals surface area contributed by atoms with Gasteiger partial charge in [-0.05, 0) is 11.4 Å². The first-order chi connectivity index (χ1) is 10.3. The number of nitrogens with zero attached hydrogens (tertiary/aromatic N) is 2. The van der Waals surface area contributed by atoms with Gasteiger partial charge in [-0.3, -0.25) is 14.5 Å². The van der Waals surface area contributed by atoms with Crippen molar-refractivity contribution in [3.8, 4) is 0 Å². The maximum atomic E-state index is 11.5. The molecule has 1 aromatic rings. The second-order valence-corrected chi connectivity index (χ2v) is 5.40. The van der Waals surface area contributed by atoms with Gasteiger partial charge in [0.1, 0.15) is 0 Å². The first-order valence-electron chi connectivity index (χ1n) is 6.70. The van der Waals surface area contributed by atoms with Crippen LogP contribution in [-0.2, 0) is 14.3 Å². The Labute approximate surface area is 127 Å². The molecule has 2 N–H and O–H groups in total.